The second-order valence-corrected chi connectivity index (χ2v) is 5.42. The van der Waals surface area contributed by atoms with Crippen molar-refractivity contribution in [3.63, 3.8) is 0 Å². The average Bonchev–Trinajstić information content (AvgIpc) is 2.74. The lowest BCUT2D eigenvalue weighted by atomic mass is 10.1. The molecule has 2 rings (SSSR count). The first kappa shape index (κ1) is 15.7. The van der Waals surface area contributed by atoms with Gasteiger partial charge in [-0.2, -0.15) is 0 Å². The average molecular weight is 313 g/mol. The van der Waals surface area contributed by atoms with E-state index in [1.54, 1.807) is 11.9 Å². The molecule has 0 aliphatic carbocycles. The molecule has 1 amide bonds. The Hall–Kier alpha value is -1.73. The Morgan fingerprint density at radius 1 is 1.52 bits per heavy atom. The zero-order valence-electron chi connectivity index (χ0n) is 11.7. The van der Waals surface area contributed by atoms with Crippen LogP contribution in [-0.4, -0.2) is 46.9 Å². The molecule has 114 valence electrons. The third-order valence-electron chi connectivity index (χ3n) is 3.69. The van der Waals surface area contributed by atoms with Crippen molar-refractivity contribution in [2.45, 2.75) is 25.3 Å². The van der Waals surface area contributed by atoms with E-state index in [0.29, 0.717) is 0 Å². The van der Waals surface area contributed by atoms with Gasteiger partial charge in [0.1, 0.15) is 16.9 Å². The molecule has 1 aromatic rings. The van der Waals surface area contributed by atoms with E-state index in [9.17, 15) is 14.9 Å². The summed E-state index contributed by atoms with van der Waals surface area (Å²) in [6.07, 6.45) is 3.70. The zero-order chi connectivity index (χ0) is 15.4. The lowest BCUT2D eigenvalue weighted by molar-refractivity contribution is -0.385. The summed E-state index contributed by atoms with van der Waals surface area (Å²) < 4.78 is 0. The van der Waals surface area contributed by atoms with Gasteiger partial charge in [-0.3, -0.25) is 14.9 Å². The quantitative estimate of drug-likeness (QED) is 0.523. The van der Waals surface area contributed by atoms with E-state index in [0.717, 1.165) is 38.5 Å². The number of aromatic nitrogens is 1. The summed E-state index contributed by atoms with van der Waals surface area (Å²) in [6.45, 7) is 1.77. The Labute approximate surface area is 127 Å². The molecule has 8 heteroatoms. The highest BCUT2D eigenvalue weighted by molar-refractivity contribution is 6.29. The number of carbonyl (C=O) groups excluding carboxylic acids is 1. The number of nitrogens with one attached hydrogen (secondary N) is 1. The van der Waals surface area contributed by atoms with Crippen molar-refractivity contribution in [1.82, 2.24) is 15.2 Å². The molecular formula is C13H17ClN4O3. The van der Waals surface area contributed by atoms with Crippen LogP contribution in [0.5, 0.6) is 0 Å². The fourth-order valence-corrected chi connectivity index (χ4v) is 2.64. The summed E-state index contributed by atoms with van der Waals surface area (Å²) >= 11 is 5.77. The van der Waals surface area contributed by atoms with Gasteiger partial charge in [0.15, 0.2) is 0 Å². The number of hydrogen-bond donors (Lipinski definition) is 1. The Kier molecular flexibility index (Phi) is 5.08. The number of nitro groups is 1. The molecule has 0 radical (unpaired) electrons. The van der Waals surface area contributed by atoms with Crippen molar-refractivity contribution in [2.24, 2.45) is 0 Å². The van der Waals surface area contributed by atoms with Crippen LogP contribution in [0.2, 0.25) is 5.15 Å². The zero-order valence-corrected chi connectivity index (χ0v) is 12.5. The van der Waals surface area contributed by atoms with Crippen molar-refractivity contribution in [2.75, 3.05) is 20.1 Å². The van der Waals surface area contributed by atoms with Crippen molar-refractivity contribution in [3.8, 4) is 0 Å². The Bertz CT molecular complexity index is 544. The maximum absolute atomic E-state index is 12.5. The summed E-state index contributed by atoms with van der Waals surface area (Å²) in [7, 11) is 1.68. The lowest BCUT2D eigenvalue weighted by Gasteiger charge is -2.27. The number of hydrogen-bond acceptors (Lipinski definition) is 5. The van der Waals surface area contributed by atoms with Crippen molar-refractivity contribution in [1.29, 1.82) is 0 Å². The number of nitrogens with zero attached hydrogens (tertiary/aromatic N) is 3. The third kappa shape index (κ3) is 3.68. The predicted molar refractivity (Wildman–Crippen MR) is 78.5 cm³/mol. The fourth-order valence-electron chi connectivity index (χ4n) is 2.48. The minimum Gasteiger partial charge on any atom is -0.338 e. The van der Waals surface area contributed by atoms with Crippen LogP contribution in [0.4, 0.5) is 5.69 Å². The van der Waals surface area contributed by atoms with Crippen LogP contribution in [0.1, 0.15) is 29.6 Å². The SMILES string of the molecule is CN(C(=O)c1cc(Cl)ncc1[N+](=O)[O-])C1CCCNCC1. The summed E-state index contributed by atoms with van der Waals surface area (Å²) in [4.78, 5) is 28.2. The minimum atomic E-state index is -0.612. The third-order valence-corrected chi connectivity index (χ3v) is 3.90. The van der Waals surface area contributed by atoms with Crippen LogP contribution < -0.4 is 5.32 Å². The first-order valence-corrected chi connectivity index (χ1v) is 7.16. The van der Waals surface area contributed by atoms with E-state index in [-0.39, 0.29) is 22.4 Å². The first-order chi connectivity index (χ1) is 10.0. The number of halogens is 1. The molecule has 1 N–H and O–H groups in total. The highest BCUT2D eigenvalue weighted by Crippen LogP contribution is 2.23. The maximum Gasteiger partial charge on any atom is 0.300 e. The second kappa shape index (κ2) is 6.82. The second-order valence-electron chi connectivity index (χ2n) is 5.03. The van der Waals surface area contributed by atoms with Crippen molar-refractivity contribution in [3.05, 3.63) is 33.1 Å². The van der Waals surface area contributed by atoms with E-state index >= 15 is 0 Å². The highest BCUT2D eigenvalue weighted by atomic mass is 35.5. The van der Waals surface area contributed by atoms with E-state index in [1.807, 2.05) is 0 Å². The summed E-state index contributed by atoms with van der Waals surface area (Å²) in [6, 6.07) is 1.33. The van der Waals surface area contributed by atoms with Crippen LogP contribution in [0.15, 0.2) is 12.3 Å². The van der Waals surface area contributed by atoms with Crippen LogP contribution in [-0.2, 0) is 0 Å². The van der Waals surface area contributed by atoms with Gasteiger partial charge in [0, 0.05) is 13.1 Å². The van der Waals surface area contributed by atoms with Gasteiger partial charge in [0.2, 0.25) is 0 Å². The highest BCUT2D eigenvalue weighted by Gasteiger charge is 2.28. The van der Waals surface area contributed by atoms with Gasteiger partial charge in [-0.25, -0.2) is 4.98 Å². The number of amides is 1. The molecule has 0 spiro atoms. The molecule has 7 nitrogen and oxygen atoms in total. The van der Waals surface area contributed by atoms with Gasteiger partial charge in [-0.05, 0) is 38.4 Å². The molecule has 1 saturated heterocycles. The van der Waals surface area contributed by atoms with E-state index in [1.165, 1.54) is 6.07 Å². The topological polar surface area (TPSA) is 88.4 Å². The Balaban J connectivity index is 2.26. The van der Waals surface area contributed by atoms with Crippen LogP contribution in [0, 0.1) is 10.1 Å². The molecular weight excluding hydrogens is 296 g/mol. The standard InChI is InChI=1S/C13H17ClN4O3/c1-17(9-3-2-5-15-6-4-9)13(19)10-7-12(14)16-8-11(10)18(20)21/h7-9,15H,2-6H2,1H3. The molecule has 0 aromatic carbocycles. The van der Waals surface area contributed by atoms with Crippen LogP contribution in [0.25, 0.3) is 0 Å². The number of rotatable bonds is 3. The molecule has 1 fully saturated rings. The van der Waals surface area contributed by atoms with Gasteiger partial charge < -0.3 is 10.2 Å². The molecule has 0 saturated carbocycles. The Morgan fingerprint density at radius 3 is 3.00 bits per heavy atom. The fraction of sp³-hybridized carbons (Fsp3) is 0.538. The van der Waals surface area contributed by atoms with Crippen LogP contribution >= 0.6 is 11.6 Å². The largest absolute Gasteiger partial charge is 0.338 e. The van der Waals surface area contributed by atoms with Gasteiger partial charge in [0.25, 0.3) is 11.6 Å². The predicted octanol–water partition coefficient (Wildman–Crippen LogP) is 1.86. The smallest absolute Gasteiger partial charge is 0.300 e. The first-order valence-electron chi connectivity index (χ1n) is 6.78. The lowest BCUT2D eigenvalue weighted by Crippen LogP contribution is -2.37. The van der Waals surface area contributed by atoms with Gasteiger partial charge in [0.05, 0.1) is 4.92 Å². The van der Waals surface area contributed by atoms with E-state index in [2.05, 4.69) is 10.3 Å². The molecule has 1 unspecified atom stereocenters. The van der Waals surface area contributed by atoms with Gasteiger partial charge in [-0.1, -0.05) is 11.6 Å². The van der Waals surface area contributed by atoms with E-state index in [4.69, 9.17) is 11.6 Å². The minimum absolute atomic E-state index is 0.0142. The summed E-state index contributed by atoms with van der Waals surface area (Å²) in [5.41, 5.74) is -0.331. The number of pyridine rings is 1. The van der Waals surface area contributed by atoms with Crippen molar-refractivity contribution >= 4 is 23.2 Å². The molecule has 1 aromatic heterocycles. The van der Waals surface area contributed by atoms with Gasteiger partial charge in [-0.15, -0.1) is 0 Å². The summed E-state index contributed by atoms with van der Waals surface area (Å²) in [5.74, 6) is -0.391. The molecule has 1 aliphatic heterocycles. The van der Waals surface area contributed by atoms with Crippen molar-refractivity contribution < 1.29 is 9.72 Å². The summed E-state index contributed by atoms with van der Waals surface area (Å²) in [5, 5.41) is 14.4. The number of carbonyl (C=O) groups is 1. The maximum atomic E-state index is 12.5. The normalized spacial score (nSPS) is 18.9. The van der Waals surface area contributed by atoms with Crippen LogP contribution in [0.3, 0.4) is 0 Å². The molecule has 1 atom stereocenters. The molecule has 21 heavy (non-hydrogen) atoms. The monoisotopic (exact) mass is 312 g/mol. The molecule has 1 aliphatic rings. The molecule has 0 bridgehead atoms. The van der Waals surface area contributed by atoms with Gasteiger partial charge >= 0.3 is 0 Å². The van der Waals surface area contributed by atoms with E-state index < -0.39 is 10.8 Å². The molecule has 2 heterocycles. The Morgan fingerprint density at radius 2 is 2.29 bits per heavy atom.